The molecule has 4 rings (SSSR count). The minimum atomic E-state index is 0.118. The lowest BCUT2D eigenvalue weighted by Gasteiger charge is -2.37. The predicted molar refractivity (Wildman–Crippen MR) is 106 cm³/mol. The number of morpholine rings is 1. The Balaban J connectivity index is 1.65. The third-order valence-corrected chi connectivity index (χ3v) is 5.39. The molecule has 1 fully saturated rings. The fourth-order valence-electron chi connectivity index (χ4n) is 4.23. The molecule has 0 radical (unpaired) electrons. The van der Waals surface area contributed by atoms with Crippen LogP contribution < -0.4 is 9.64 Å². The summed E-state index contributed by atoms with van der Waals surface area (Å²) in [6.07, 6.45) is 4.51. The fraction of sp³-hybridized carbons (Fsp3) is 0.455. The molecule has 5 heteroatoms. The van der Waals surface area contributed by atoms with Crippen LogP contribution in [0, 0.1) is 0 Å². The molecule has 142 valence electrons. The van der Waals surface area contributed by atoms with E-state index in [1.165, 1.54) is 5.69 Å². The molecule has 2 heterocycles. The van der Waals surface area contributed by atoms with Gasteiger partial charge < -0.3 is 14.4 Å². The Morgan fingerprint density at radius 3 is 2.48 bits per heavy atom. The van der Waals surface area contributed by atoms with Gasteiger partial charge in [-0.05, 0) is 44.4 Å². The average Bonchev–Trinajstić information content (AvgIpc) is 2.67. The van der Waals surface area contributed by atoms with E-state index in [1.54, 1.807) is 13.3 Å². The van der Waals surface area contributed by atoms with Crippen molar-refractivity contribution in [3.05, 3.63) is 41.7 Å². The number of ether oxygens (including phenoxy) is 2. The van der Waals surface area contributed by atoms with E-state index in [-0.39, 0.29) is 18.0 Å². The summed E-state index contributed by atoms with van der Waals surface area (Å²) < 4.78 is 11.5. The normalized spacial score (nSPS) is 22.5. The van der Waals surface area contributed by atoms with Crippen LogP contribution in [-0.4, -0.2) is 43.2 Å². The van der Waals surface area contributed by atoms with E-state index in [2.05, 4.69) is 48.0 Å². The van der Waals surface area contributed by atoms with Crippen LogP contribution in [0.5, 0.6) is 5.75 Å². The van der Waals surface area contributed by atoms with Gasteiger partial charge in [-0.25, -0.2) is 0 Å². The second kappa shape index (κ2) is 7.31. The van der Waals surface area contributed by atoms with Gasteiger partial charge >= 0.3 is 0 Å². The number of aromatic nitrogens is 1. The first-order chi connectivity index (χ1) is 13.1. The van der Waals surface area contributed by atoms with Crippen LogP contribution in [0.15, 0.2) is 30.5 Å². The van der Waals surface area contributed by atoms with Gasteiger partial charge in [0.1, 0.15) is 11.4 Å². The summed E-state index contributed by atoms with van der Waals surface area (Å²) in [6, 6.07) is 8.50. The lowest BCUT2D eigenvalue weighted by molar-refractivity contribution is -0.00521. The third-order valence-electron chi connectivity index (χ3n) is 5.39. The van der Waals surface area contributed by atoms with Crippen molar-refractivity contribution in [3.8, 4) is 16.9 Å². The summed E-state index contributed by atoms with van der Waals surface area (Å²) in [5.41, 5.74) is 4.72. The molecule has 0 amide bonds. The second-order valence-electron chi connectivity index (χ2n) is 7.52. The quantitative estimate of drug-likeness (QED) is 0.825. The molecule has 5 nitrogen and oxygen atoms in total. The number of hydrogen-bond acceptors (Lipinski definition) is 5. The highest BCUT2D eigenvalue weighted by Gasteiger charge is 2.25. The molecule has 2 atom stereocenters. The van der Waals surface area contributed by atoms with Crippen molar-refractivity contribution in [2.24, 2.45) is 0 Å². The molecule has 0 spiro atoms. The first kappa shape index (κ1) is 18.0. The number of anilines is 1. The molecule has 0 N–H and O–H groups in total. The maximum atomic E-state index is 12.1. The highest BCUT2D eigenvalue weighted by Crippen LogP contribution is 2.37. The van der Waals surface area contributed by atoms with Crippen LogP contribution in [-0.2, 0) is 11.2 Å². The molecule has 1 aromatic heterocycles. The van der Waals surface area contributed by atoms with E-state index in [4.69, 9.17) is 9.47 Å². The van der Waals surface area contributed by atoms with Crippen molar-refractivity contribution in [1.82, 2.24) is 4.98 Å². The van der Waals surface area contributed by atoms with Crippen molar-refractivity contribution in [1.29, 1.82) is 0 Å². The van der Waals surface area contributed by atoms with E-state index < -0.39 is 0 Å². The monoisotopic (exact) mass is 366 g/mol. The number of carbonyl (C=O) groups excluding carboxylic acids is 1. The number of methoxy groups -OCH3 is 1. The number of nitrogens with zero attached hydrogens (tertiary/aromatic N) is 2. The summed E-state index contributed by atoms with van der Waals surface area (Å²) in [4.78, 5) is 19.0. The van der Waals surface area contributed by atoms with Crippen molar-refractivity contribution >= 4 is 11.5 Å². The fourth-order valence-corrected chi connectivity index (χ4v) is 4.23. The Bertz CT molecular complexity index is 837. The molecule has 1 aromatic carbocycles. The van der Waals surface area contributed by atoms with Gasteiger partial charge in [0.05, 0.1) is 19.3 Å². The third kappa shape index (κ3) is 3.44. The van der Waals surface area contributed by atoms with Crippen LogP contribution in [0.1, 0.15) is 42.7 Å². The molecule has 2 unspecified atom stereocenters. The number of pyridine rings is 1. The van der Waals surface area contributed by atoms with Crippen LogP contribution in [0.3, 0.4) is 0 Å². The number of benzene rings is 1. The number of rotatable bonds is 3. The summed E-state index contributed by atoms with van der Waals surface area (Å²) in [6.45, 7) is 6.02. The van der Waals surface area contributed by atoms with Gasteiger partial charge in [-0.15, -0.1) is 0 Å². The number of ketones is 1. The number of hydrogen-bond donors (Lipinski definition) is 0. The standard InChI is InChI=1S/C22H26N2O3/c1-14-12-24(13-15(2)27-14)17-9-7-16(8-10-17)19-11-23-21-18(22(19)26-3)5-4-6-20(21)25/h7-11,14-15H,4-6,12-13H2,1-3H3. The van der Waals surface area contributed by atoms with Crippen molar-refractivity contribution in [3.63, 3.8) is 0 Å². The molecular weight excluding hydrogens is 340 g/mol. The zero-order valence-electron chi connectivity index (χ0n) is 16.2. The Labute approximate surface area is 160 Å². The Morgan fingerprint density at radius 1 is 1.11 bits per heavy atom. The first-order valence-corrected chi connectivity index (χ1v) is 9.66. The van der Waals surface area contributed by atoms with Crippen molar-refractivity contribution in [2.75, 3.05) is 25.1 Å². The van der Waals surface area contributed by atoms with Crippen LogP contribution in [0.4, 0.5) is 5.69 Å². The highest BCUT2D eigenvalue weighted by atomic mass is 16.5. The molecule has 27 heavy (non-hydrogen) atoms. The lowest BCUT2D eigenvalue weighted by Crippen LogP contribution is -2.45. The highest BCUT2D eigenvalue weighted by molar-refractivity contribution is 5.98. The molecule has 2 aliphatic rings. The minimum absolute atomic E-state index is 0.118. The van der Waals surface area contributed by atoms with E-state index in [0.717, 1.165) is 48.4 Å². The SMILES string of the molecule is COc1c(-c2ccc(N3CC(C)OC(C)C3)cc2)cnc2c1CCCC2=O. The van der Waals surface area contributed by atoms with E-state index in [1.807, 2.05) is 0 Å². The maximum Gasteiger partial charge on any atom is 0.181 e. The van der Waals surface area contributed by atoms with E-state index in [9.17, 15) is 4.79 Å². The largest absolute Gasteiger partial charge is 0.496 e. The molecule has 1 saturated heterocycles. The predicted octanol–water partition coefficient (Wildman–Crippen LogP) is 3.89. The van der Waals surface area contributed by atoms with Crippen molar-refractivity contribution in [2.45, 2.75) is 45.3 Å². The second-order valence-corrected chi connectivity index (χ2v) is 7.52. The Kier molecular flexibility index (Phi) is 4.87. The Morgan fingerprint density at radius 2 is 1.81 bits per heavy atom. The summed E-state index contributed by atoms with van der Waals surface area (Å²) >= 11 is 0. The zero-order valence-corrected chi connectivity index (χ0v) is 16.2. The Hall–Kier alpha value is -2.40. The van der Waals surface area contributed by atoms with Gasteiger partial charge in [-0.3, -0.25) is 9.78 Å². The summed E-state index contributed by atoms with van der Waals surface area (Å²) in [5.74, 6) is 0.904. The molecule has 2 aromatic rings. The number of fused-ring (bicyclic) bond motifs is 1. The molecule has 1 aliphatic carbocycles. The van der Waals surface area contributed by atoms with Gasteiger partial charge in [0.15, 0.2) is 5.78 Å². The van der Waals surface area contributed by atoms with Crippen LogP contribution in [0.2, 0.25) is 0 Å². The first-order valence-electron chi connectivity index (χ1n) is 9.66. The summed E-state index contributed by atoms with van der Waals surface area (Å²) in [7, 11) is 1.67. The lowest BCUT2D eigenvalue weighted by atomic mass is 9.91. The molecule has 0 bridgehead atoms. The minimum Gasteiger partial charge on any atom is -0.496 e. The van der Waals surface area contributed by atoms with Crippen LogP contribution in [0.25, 0.3) is 11.1 Å². The van der Waals surface area contributed by atoms with Crippen LogP contribution >= 0.6 is 0 Å². The summed E-state index contributed by atoms with van der Waals surface area (Å²) in [5, 5.41) is 0. The van der Waals surface area contributed by atoms with Crippen molar-refractivity contribution < 1.29 is 14.3 Å². The smallest absolute Gasteiger partial charge is 0.181 e. The molecule has 0 saturated carbocycles. The van der Waals surface area contributed by atoms with Gasteiger partial charge in [0.25, 0.3) is 0 Å². The maximum absolute atomic E-state index is 12.1. The zero-order chi connectivity index (χ0) is 19.0. The number of carbonyl (C=O) groups is 1. The van der Waals surface area contributed by atoms with Gasteiger partial charge in [0, 0.05) is 42.5 Å². The van der Waals surface area contributed by atoms with E-state index in [0.29, 0.717) is 12.1 Å². The average molecular weight is 366 g/mol. The van der Waals surface area contributed by atoms with Gasteiger partial charge in [0.2, 0.25) is 0 Å². The number of Topliss-reactive ketones (excluding diaryl/α,β-unsaturated/α-hetero) is 1. The molecule has 1 aliphatic heterocycles. The van der Waals surface area contributed by atoms with Gasteiger partial charge in [-0.1, -0.05) is 12.1 Å². The van der Waals surface area contributed by atoms with E-state index >= 15 is 0 Å². The topological polar surface area (TPSA) is 51.7 Å². The molecular formula is C22H26N2O3. The van der Waals surface area contributed by atoms with Gasteiger partial charge in [-0.2, -0.15) is 0 Å².